The lowest BCUT2D eigenvalue weighted by molar-refractivity contribution is -0.279. The van der Waals surface area contributed by atoms with E-state index in [0.29, 0.717) is 0 Å². The Morgan fingerprint density at radius 2 is 0.891 bits per heavy atom. The Labute approximate surface area is 308 Å². The van der Waals surface area contributed by atoms with E-state index in [2.05, 4.69) is 0 Å². The molecule has 3 aliphatic rings. The van der Waals surface area contributed by atoms with Gasteiger partial charge in [0, 0.05) is 24.3 Å². The van der Waals surface area contributed by atoms with Gasteiger partial charge < -0.3 is 105 Å². The fourth-order valence-electron chi connectivity index (χ4n) is 6.24. The van der Waals surface area contributed by atoms with Crippen LogP contribution in [0.4, 0.5) is 0 Å². The van der Waals surface area contributed by atoms with Crippen molar-refractivity contribution in [2.45, 2.75) is 92.1 Å². The van der Waals surface area contributed by atoms with Crippen molar-refractivity contribution in [3.8, 4) is 45.8 Å². The van der Waals surface area contributed by atoms with E-state index in [9.17, 15) is 76.6 Å². The van der Waals surface area contributed by atoms with E-state index < -0.39 is 152 Å². The lowest BCUT2D eigenvalue weighted by atomic mass is 9.99. The highest BCUT2D eigenvalue weighted by Gasteiger charge is 2.48. The zero-order chi connectivity index (χ0) is 40.0. The molecule has 0 bridgehead atoms. The zero-order valence-electron chi connectivity index (χ0n) is 28.2. The van der Waals surface area contributed by atoms with Crippen LogP contribution in [-0.2, 0) is 14.2 Å². The number of phenolic OH excluding ortho intramolecular Hbond substituents is 3. The normalized spacial score (nSPS) is 36.8. The third-order valence-corrected chi connectivity index (χ3v) is 9.39. The van der Waals surface area contributed by atoms with Crippen molar-refractivity contribution in [3.63, 3.8) is 0 Å². The van der Waals surface area contributed by atoms with Gasteiger partial charge in [-0.15, -0.1) is 0 Å². The smallest absolute Gasteiger partial charge is 0.402 e. The second-order valence-corrected chi connectivity index (χ2v) is 13.1. The molecule has 0 aliphatic carbocycles. The van der Waals surface area contributed by atoms with Crippen LogP contribution in [0.25, 0.3) is 22.3 Å². The highest BCUT2D eigenvalue weighted by Crippen LogP contribution is 2.47. The Morgan fingerprint density at radius 3 is 1.29 bits per heavy atom. The number of aliphatic hydroxyl groups is 12. The summed E-state index contributed by atoms with van der Waals surface area (Å²) in [6.07, 6.45) is -27.1. The maximum absolute atomic E-state index is 11.4. The highest BCUT2D eigenvalue weighted by atomic mass is 16.7. The second-order valence-electron chi connectivity index (χ2n) is 13.1. The summed E-state index contributed by atoms with van der Waals surface area (Å²) in [4.78, 5) is 0. The molecule has 0 amide bonds. The van der Waals surface area contributed by atoms with Gasteiger partial charge in [-0.1, -0.05) is 0 Å². The number of fused-ring (bicyclic) bond motifs is 1. The maximum Gasteiger partial charge on any atom is 0.402 e. The van der Waals surface area contributed by atoms with Gasteiger partial charge in [-0.25, -0.2) is 4.42 Å². The summed E-state index contributed by atoms with van der Waals surface area (Å²) in [6, 6.07) is 5.17. The quantitative estimate of drug-likeness (QED) is 0.0855. The van der Waals surface area contributed by atoms with Gasteiger partial charge in [-0.3, -0.25) is 0 Å². The van der Waals surface area contributed by atoms with E-state index in [0.717, 1.165) is 30.3 Å². The summed E-state index contributed by atoms with van der Waals surface area (Å²) < 4.78 is 39.6. The second kappa shape index (κ2) is 16.3. The number of aliphatic hydroxyl groups excluding tert-OH is 12. The number of hydrogen-bond donors (Lipinski definition) is 15. The predicted molar refractivity (Wildman–Crippen MR) is 174 cm³/mol. The monoisotopic (exact) mass is 789 g/mol. The first kappa shape index (κ1) is 40.7. The summed E-state index contributed by atoms with van der Waals surface area (Å²) in [6.45, 7) is -2.53. The molecule has 0 saturated carbocycles. The van der Waals surface area contributed by atoms with Gasteiger partial charge in [-0.05, 0) is 0 Å². The van der Waals surface area contributed by atoms with Crippen LogP contribution in [0.3, 0.4) is 0 Å². The molecule has 15 atom stereocenters. The van der Waals surface area contributed by atoms with Crippen molar-refractivity contribution < 1.29 is 109 Å². The average molecular weight is 790 g/mol. The molecule has 2 aromatic carbocycles. The SMILES string of the molecule is OC[C@H]1O[C@@H](Oc2cc3c(O)cc(O)cc3[o+]c2-c2cc(O[C@@H]3O[C@H](CO)[C@@H](O)[C@H](O)[C@H]3O)c(O)c(O[C@@H]3O[C@H](CO)[C@@H](O)[C@H](O)[C@H]3O)c2)[C@H](O)[C@@H](O)[C@H]1O. The molecule has 55 heavy (non-hydrogen) atoms. The van der Waals surface area contributed by atoms with Crippen molar-refractivity contribution in [1.82, 2.24) is 0 Å². The van der Waals surface area contributed by atoms with Crippen molar-refractivity contribution in [2.75, 3.05) is 19.8 Å². The van der Waals surface area contributed by atoms with Gasteiger partial charge in [-0.2, -0.15) is 0 Å². The molecule has 3 aliphatic heterocycles. The molecule has 4 heterocycles. The minimum absolute atomic E-state index is 0.101. The van der Waals surface area contributed by atoms with Crippen LogP contribution in [0, 0.1) is 0 Å². The Kier molecular flexibility index (Phi) is 12.0. The molecule has 3 fully saturated rings. The Hall–Kier alpha value is -3.95. The lowest BCUT2D eigenvalue weighted by Crippen LogP contribution is -2.60. The molecule has 6 rings (SSSR count). The fourth-order valence-corrected chi connectivity index (χ4v) is 6.24. The summed E-state index contributed by atoms with van der Waals surface area (Å²) >= 11 is 0. The van der Waals surface area contributed by atoms with Crippen LogP contribution in [0.15, 0.2) is 34.7 Å². The van der Waals surface area contributed by atoms with Crippen LogP contribution in [0.2, 0.25) is 0 Å². The van der Waals surface area contributed by atoms with E-state index >= 15 is 0 Å². The first-order valence-corrected chi connectivity index (χ1v) is 16.7. The van der Waals surface area contributed by atoms with Gasteiger partial charge in [0.05, 0.1) is 31.5 Å². The van der Waals surface area contributed by atoms with Crippen molar-refractivity contribution in [3.05, 3.63) is 30.3 Å². The molecule has 22 nitrogen and oxygen atoms in total. The van der Waals surface area contributed by atoms with Gasteiger partial charge >= 0.3 is 11.3 Å². The fraction of sp³-hybridized carbons (Fsp3) is 0.545. The van der Waals surface area contributed by atoms with Crippen molar-refractivity contribution >= 4 is 11.0 Å². The number of hydrogen-bond acceptors (Lipinski definition) is 21. The van der Waals surface area contributed by atoms with E-state index in [-0.39, 0.29) is 16.5 Å². The highest BCUT2D eigenvalue weighted by molar-refractivity contribution is 5.88. The maximum atomic E-state index is 11.4. The Morgan fingerprint density at radius 1 is 0.491 bits per heavy atom. The molecular formula is C33H41O22+. The summed E-state index contributed by atoms with van der Waals surface area (Å²) in [5, 5.41) is 155. The zero-order valence-corrected chi connectivity index (χ0v) is 28.2. The van der Waals surface area contributed by atoms with Crippen LogP contribution in [-0.4, -0.2) is 189 Å². The van der Waals surface area contributed by atoms with E-state index in [1.54, 1.807) is 0 Å². The van der Waals surface area contributed by atoms with E-state index in [4.69, 9.17) is 32.8 Å². The largest absolute Gasteiger partial charge is 0.507 e. The minimum atomic E-state index is -2.00. The molecule has 3 saturated heterocycles. The number of phenols is 3. The Bertz CT molecular complexity index is 1750. The molecule has 0 unspecified atom stereocenters. The third-order valence-electron chi connectivity index (χ3n) is 9.39. The van der Waals surface area contributed by atoms with Gasteiger partial charge in [0.25, 0.3) is 0 Å². The third kappa shape index (κ3) is 7.76. The molecule has 304 valence electrons. The van der Waals surface area contributed by atoms with Gasteiger partial charge in [0.2, 0.25) is 30.4 Å². The standard InChI is InChI=1S/C33H40O22/c34-6-17-21(40)24(43)27(46)31(53-17)50-14-1-9(2-15(20(14)39)51-32-28(47)25(44)22(41)18(7-35)54-32)30-16(5-11-12(38)3-10(37)4-13(11)49-30)52-33-29(48)26(45)23(42)19(8-36)55-33/h1-5,17-19,21-29,31-36,40-48H,6-8H2,(H2-,37,38,39)/p+1/t17-,18-,19-,21-,22-,23+,24+,25+,26+,27-,28-,29-,31-,32-,33-/m1/s1. The van der Waals surface area contributed by atoms with Crippen LogP contribution >= 0.6 is 0 Å². The number of aromatic hydroxyl groups is 3. The first-order chi connectivity index (χ1) is 26.1. The molecule has 22 heteroatoms. The van der Waals surface area contributed by atoms with E-state index in [1.165, 1.54) is 0 Å². The molecule has 15 N–H and O–H groups in total. The summed E-state index contributed by atoms with van der Waals surface area (Å²) in [5.41, 5.74) is -0.462. The van der Waals surface area contributed by atoms with Crippen LogP contribution in [0.1, 0.15) is 0 Å². The number of rotatable bonds is 10. The van der Waals surface area contributed by atoms with Crippen LogP contribution in [0.5, 0.6) is 34.5 Å². The molecular weight excluding hydrogens is 748 g/mol. The summed E-state index contributed by atoms with van der Waals surface area (Å²) in [5.74, 6) is -4.14. The average Bonchev–Trinajstić information content (AvgIpc) is 3.16. The number of benzene rings is 2. The minimum Gasteiger partial charge on any atom is -0.507 e. The van der Waals surface area contributed by atoms with Crippen molar-refractivity contribution in [1.29, 1.82) is 0 Å². The molecule has 0 radical (unpaired) electrons. The summed E-state index contributed by atoms with van der Waals surface area (Å²) in [7, 11) is 0. The molecule has 3 aromatic rings. The van der Waals surface area contributed by atoms with Crippen LogP contribution < -0.4 is 14.2 Å². The molecule has 1 aromatic heterocycles. The van der Waals surface area contributed by atoms with Gasteiger partial charge in [0.15, 0.2) is 11.5 Å². The van der Waals surface area contributed by atoms with E-state index in [1.807, 2.05) is 0 Å². The topological polar surface area (TPSA) is 370 Å². The lowest BCUT2D eigenvalue weighted by Gasteiger charge is -2.40. The Balaban J connectivity index is 1.50. The number of ether oxygens (including phenoxy) is 6. The van der Waals surface area contributed by atoms with Crippen molar-refractivity contribution in [2.24, 2.45) is 0 Å². The molecule has 0 spiro atoms. The first-order valence-electron chi connectivity index (χ1n) is 16.7. The van der Waals surface area contributed by atoms with Gasteiger partial charge in [0.1, 0.15) is 90.1 Å². The predicted octanol–water partition coefficient (Wildman–Crippen LogP) is -4.97.